The first-order valence-corrected chi connectivity index (χ1v) is 7.90. The molecule has 1 fully saturated rings. The SMILES string of the molecule is C=C1OC2(c3ccccc3)C=COC1(c1ccccc1)C2(C)C. The molecule has 0 N–H and O–H groups in total. The average molecular weight is 304 g/mol. The van der Waals surface area contributed by atoms with Gasteiger partial charge in [-0.25, -0.2) is 0 Å². The molecule has 2 heterocycles. The summed E-state index contributed by atoms with van der Waals surface area (Å²) in [5.41, 5.74) is 0.549. The van der Waals surface area contributed by atoms with Gasteiger partial charge in [-0.1, -0.05) is 81.1 Å². The van der Waals surface area contributed by atoms with Crippen LogP contribution in [0.15, 0.2) is 85.3 Å². The fraction of sp³-hybridized carbons (Fsp3) is 0.238. The molecule has 0 aromatic heterocycles. The lowest BCUT2D eigenvalue weighted by atomic mass is 9.60. The average Bonchev–Trinajstić information content (AvgIpc) is 2.69. The van der Waals surface area contributed by atoms with Gasteiger partial charge in [0.05, 0.1) is 11.7 Å². The second-order valence-corrected chi connectivity index (χ2v) is 6.72. The summed E-state index contributed by atoms with van der Waals surface area (Å²) in [6, 6.07) is 20.5. The molecule has 2 aromatic rings. The van der Waals surface area contributed by atoms with Gasteiger partial charge in [0, 0.05) is 11.1 Å². The van der Waals surface area contributed by atoms with Crippen LogP contribution in [0.4, 0.5) is 0 Å². The van der Waals surface area contributed by atoms with E-state index in [2.05, 4.69) is 44.7 Å². The van der Waals surface area contributed by atoms with Crippen molar-refractivity contribution < 1.29 is 9.47 Å². The van der Waals surface area contributed by atoms with Gasteiger partial charge in [0.25, 0.3) is 0 Å². The Kier molecular flexibility index (Phi) is 2.77. The molecular weight excluding hydrogens is 284 g/mol. The fourth-order valence-corrected chi connectivity index (χ4v) is 4.16. The molecule has 2 heteroatoms. The quantitative estimate of drug-likeness (QED) is 0.786. The van der Waals surface area contributed by atoms with Crippen molar-refractivity contribution in [3.8, 4) is 0 Å². The molecule has 23 heavy (non-hydrogen) atoms. The van der Waals surface area contributed by atoms with Crippen molar-refractivity contribution in [1.29, 1.82) is 0 Å². The van der Waals surface area contributed by atoms with E-state index in [1.54, 1.807) is 6.26 Å². The molecule has 2 aromatic carbocycles. The lowest BCUT2D eigenvalue weighted by molar-refractivity contribution is -0.0877. The second-order valence-electron chi connectivity index (χ2n) is 6.72. The zero-order valence-corrected chi connectivity index (χ0v) is 13.5. The van der Waals surface area contributed by atoms with Crippen LogP contribution in [0, 0.1) is 5.41 Å². The third-order valence-electron chi connectivity index (χ3n) is 5.42. The van der Waals surface area contributed by atoms with E-state index < -0.39 is 11.2 Å². The topological polar surface area (TPSA) is 18.5 Å². The van der Waals surface area contributed by atoms with Gasteiger partial charge < -0.3 is 9.47 Å². The van der Waals surface area contributed by atoms with E-state index in [-0.39, 0.29) is 5.41 Å². The number of fused-ring (bicyclic) bond motifs is 2. The molecule has 116 valence electrons. The first-order chi connectivity index (χ1) is 11.0. The minimum atomic E-state index is -0.696. The molecule has 0 saturated carbocycles. The molecule has 0 spiro atoms. The van der Waals surface area contributed by atoms with E-state index in [9.17, 15) is 0 Å². The largest absolute Gasteiger partial charge is 0.482 e. The molecule has 0 aliphatic carbocycles. The Morgan fingerprint density at radius 1 is 0.826 bits per heavy atom. The van der Waals surface area contributed by atoms with Gasteiger partial charge in [0.1, 0.15) is 5.76 Å². The van der Waals surface area contributed by atoms with E-state index in [1.165, 1.54) is 0 Å². The first-order valence-electron chi connectivity index (χ1n) is 7.90. The van der Waals surface area contributed by atoms with E-state index in [0.29, 0.717) is 5.76 Å². The normalized spacial score (nSPS) is 30.6. The van der Waals surface area contributed by atoms with Crippen LogP contribution in [0.25, 0.3) is 0 Å². The molecule has 2 unspecified atom stereocenters. The van der Waals surface area contributed by atoms with E-state index in [1.807, 2.05) is 42.5 Å². The van der Waals surface area contributed by atoms with Gasteiger partial charge in [-0.05, 0) is 6.08 Å². The number of hydrogen-bond acceptors (Lipinski definition) is 2. The van der Waals surface area contributed by atoms with E-state index in [4.69, 9.17) is 9.47 Å². The van der Waals surface area contributed by atoms with Crippen molar-refractivity contribution in [2.45, 2.75) is 25.0 Å². The number of hydrogen-bond donors (Lipinski definition) is 0. The van der Waals surface area contributed by atoms with Crippen LogP contribution < -0.4 is 0 Å². The number of rotatable bonds is 2. The van der Waals surface area contributed by atoms with Crippen molar-refractivity contribution in [3.63, 3.8) is 0 Å². The molecule has 2 nitrogen and oxygen atoms in total. The molecule has 0 amide bonds. The van der Waals surface area contributed by atoms with Crippen LogP contribution in [-0.4, -0.2) is 0 Å². The summed E-state index contributed by atoms with van der Waals surface area (Å²) in [5.74, 6) is 0.655. The number of benzene rings is 2. The van der Waals surface area contributed by atoms with Crippen LogP contribution in [0.1, 0.15) is 25.0 Å². The van der Waals surface area contributed by atoms with Gasteiger partial charge >= 0.3 is 0 Å². The van der Waals surface area contributed by atoms with Crippen molar-refractivity contribution in [3.05, 3.63) is 96.5 Å². The summed E-state index contributed by atoms with van der Waals surface area (Å²) in [7, 11) is 0. The Hall–Kier alpha value is -2.48. The molecule has 1 saturated heterocycles. The molecule has 2 aliphatic heterocycles. The van der Waals surface area contributed by atoms with Crippen LogP contribution in [0.3, 0.4) is 0 Å². The minimum Gasteiger partial charge on any atom is -0.482 e. The maximum absolute atomic E-state index is 6.43. The van der Waals surface area contributed by atoms with Crippen molar-refractivity contribution in [1.82, 2.24) is 0 Å². The predicted octanol–water partition coefficient (Wildman–Crippen LogP) is 4.89. The summed E-state index contributed by atoms with van der Waals surface area (Å²) < 4.78 is 12.6. The Morgan fingerprint density at radius 3 is 2.00 bits per heavy atom. The second kappa shape index (κ2) is 4.51. The zero-order chi connectivity index (χ0) is 16.1. The molecule has 0 radical (unpaired) electrons. The summed E-state index contributed by atoms with van der Waals surface area (Å²) in [6.07, 6.45) is 3.78. The van der Waals surface area contributed by atoms with Gasteiger partial charge in [0.2, 0.25) is 0 Å². The minimum absolute atomic E-state index is 0.353. The lowest BCUT2D eigenvalue weighted by Gasteiger charge is -2.47. The summed E-state index contributed by atoms with van der Waals surface area (Å²) in [6.45, 7) is 8.60. The Balaban J connectivity index is 1.99. The van der Waals surface area contributed by atoms with Crippen LogP contribution >= 0.6 is 0 Å². The van der Waals surface area contributed by atoms with Crippen molar-refractivity contribution >= 4 is 0 Å². The van der Waals surface area contributed by atoms with E-state index in [0.717, 1.165) is 11.1 Å². The zero-order valence-electron chi connectivity index (χ0n) is 13.5. The van der Waals surface area contributed by atoms with Gasteiger partial charge in [0.15, 0.2) is 11.2 Å². The van der Waals surface area contributed by atoms with E-state index >= 15 is 0 Å². The van der Waals surface area contributed by atoms with Crippen LogP contribution in [-0.2, 0) is 20.7 Å². The highest BCUT2D eigenvalue weighted by atomic mass is 16.6. The van der Waals surface area contributed by atoms with Crippen molar-refractivity contribution in [2.24, 2.45) is 5.41 Å². The van der Waals surface area contributed by atoms with Crippen LogP contribution in [0.2, 0.25) is 0 Å². The Morgan fingerprint density at radius 2 is 1.39 bits per heavy atom. The maximum atomic E-state index is 6.43. The molecule has 2 aliphatic rings. The molecule has 2 atom stereocenters. The number of ether oxygens (including phenoxy) is 2. The van der Waals surface area contributed by atoms with Gasteiger partial charge in [-0.2, -0.15) is 0 Å². The highest BCUT2D eigenvalue weighted by Gasteiger charge is 2.71. The summed E-state index contributed by atoms with van der Waals surface area (Å²) in [4.78, 5) is 0. The highest BCUT2D eigenvalue weighted by molar-refractivity contribution is 5.46. The van der Waals surface area contributed by atoms with Crippen LogP contribution in [0.5, 0.6) is 0 Å². The molecule has 2 bridgehead atoms. The monoisotopic (exact) mass is 304 g/mol. The third kappa shape index (κ3) is 1.53. The first kappa shape index (κ1) is 14.1. The van der Waals surface area contributed by atoms with Gasteiger partial charge in [-0.3, -0.25) is 0 Å². The fourth-order valence-electron chi connectivity index (χ4n) is 4.16. The maximum Gasteiger partial charge on any atom is 0.198 e. The summed E-state index contributed by atoms with van der Waals surface area (Å²) >= 11 is 0. The Labute approximate surface area is 137 Å². The van der Waals surface area contributed by atoms with Crippen molar-refractivity contribution in [2.75, 3.05) is 0 Å². The Bertz CT molecular complexity index is 776. The predicted molar refractivity (Wildman–Crippen MR) is 90.5 cm³/mol. The smallest absolute Gasteiger partial charge is 0.198 e. The highest BCUT2D eigenvalue weighted by Crippen LogP contribution is 2.67. The standard InChI is InChI=1S/C21H20O2/c1-16-21(18-12-8-5-9-13-18)19(2,3)20(23-16,14-15-22-21)17-10-6-4-7-11-17/h4-15H,1H2,2-3H3. The van der Waals surface area contributed by atoms with Gasteiger partial charge in [-0.15, -0.1) is 0 Å². The molecular formula is C21H20O2. The molecule has 4 rings (SSSR count). The third-order valence-corrected chi connectivity index (χ3v) is 5.42. The summed E-state index contributed by atoms with van der Waals surface area (Å²) in [5, 5.41) is 0. The lowest BCUT2D eigenvalue weighted by Crippen LogP contribution is -2.51.